The highest BCUT2D eigenvalue weighted by Gasteiger charge is 2.24. The smallest absolute Gasteiger partial charge is 0.254 e. The van der Waals surface area contributed by atoms with Gasteiger partial charge in [0.05, 0.1) is 4.90 Å². The van der Waals surface area contributed by atoms with Crippen molar-refractivity contribution < 1.29 is 22.0 Å². The number of sulfone groups is 1. The van der Waals surface area contributed by atoms with Crippen LogP contribution in [-0.2, 0) is 9.84 Å². The van der Waals surface area contributed by atoms with E-state index in [9.17, 15) is 22.0 Å². The molecule has 0 aliphatic carbocycles. The van der Waals surface area contributed by atoms with Crippen LogP contribution in [0.3, 0.4) is 0 Å². The molecule has 2 aromatic carbocycles. The molecule has 0 unspecified atom stereocenters. The molecule has 1 aliphatic rings. The van der Waals surface area contributed by atoms with E-state index in [0.717, 1.165) is 12.3 Å². The summed E-state index contributed by atoms with van der Waals surface area (Å²) in [6.07, 6.45) is 2.58. The Labute approximate surface area is 172 Å². The van der Waals surface area contributed by atoms with Gasteiger partial charge in [-0.1, -0.05) is 6.07 Å². The van der Waals surface area contributed by atoms with Gasteiger partial charge in [-0.15, -0.1) is 0 Å². The summed E-state index contributed by atoms with van der Waals surface area (Å²) in [5.41, 5.74) is 1.07. The Kier molecular flexibility index (Phi) is 5.15. The fraction of sp³-hybridized carbons (Fsp3) is 0.238. The third-order valence-electron chi connectivity index (χ3n) is 5.16. The SMILES string of the molecule is CS(=O)(=O)c1cccc(C(=O)N2CCN(c3ccnc4c(F)cc(F)cc34)CC2)c1. The van der Waals surface area contributed by atoms with Gasteiger partial charge in [0, 0.05) is 61.3 Å². The lowest BCUT2D eigenvalue weighted by Gasteiger charge is -2.36. The van der Waals surface area contributed by atoms with Crippen molar-refractivity contribution in [1.29, 1.82) is 0 Å². The number of nitrogens with zero attached hydrogens (tertiary/aromatic N) is 3. The van der Waals surface area contributed by atoms with Gasteiger partial charge in [-0.05, 0) is 30.3 Å². The lowest BCUT2D eigenvalue weighted by Crippen LogP contribution is -2.48. The minimum absolute atomic E-state index is 0.0966. The molecule has 156 valence electrons. The number of pyridine rings is 1. The molecule has 0 radical (unpaired) electrons. The largest absolute Gasteiger partial charge is 0.367 e. The van der Waals surface area contributed by atoms with Crippen molar-refractivity contribution in [2.75, 3.05) is 37.3 Å². The molecular weight excluding hydrogens is 412 g/mol. The zero-order valence-electron chi connectivity index (χ0n) is 16.2. The lowest BCUT2D eigenvalue weighted by atomic mass is 10.1. The quantitative estimate of drug-likeness (QED) is 0.638. The van der Waals surface area contributed by atoms with E-state index in [1.54, 1.807) is 23.1 Å². The topological polar surface area (TPSA) is 70.6 Å². The van der Waals surface area contributed by atoms with E-state index in [0.29, 0.717) is 42.8 Å². The standard InChI is InChI=1S/C21H19F2N3O3S/c1-30(28,29)16-4-2-3-14(11-16)21(27)26-9-7-25(8-10-26)19-5-6-24-20-17(19)12-15(22)13-18(20)23/h2-6,11-13H,7-10H2,1H3. The van der Waals surface area contributed by atoms with Gasteiger partial charge in [0.25, 0.3) is 5.91 Å². The third kappa shape index (κ3) is 3.85. The highest BCUT2D eigenvalue weighted by Crippen LogP contribution is 2.29. The number of amides is 1. The van der Waals surface area contributed by atoms with Gasteiger partial charge in [0.1, 0.15) is 11.3 Å². The van der Waals surface area contributed by atoms with E-state index < -0.39 is 21.5 Å². The molecule has 1 aliphatic heterocycles. The summed E-state index contributed by atoms with van der Waals surface area (Å²) in [5, 5.41) is 0.385. The summed E-state index contributed by atoms with van der Waals surface area (Å²) in [4.78, 5) is 20.5. The average Bonchev–Trinajstić information content (AvgIpc) is 2.72. The molecule has 2 heterocycles. The monoisotopic (exact) mass is 431 g/mol. The lowest BCUT2D eigenvalue weighted by molar-refractivity contribution is 0.0746. The van der Waals surface area contributed by atoms with Crippen molar-refractivity contribution in [2.24, 2.45) is 0 Å². The van der Waals surface area contributed by atoms with Crippen molar-refractivity contribution in [2.45, 2.75) is 4.90 Å². The molecule has 0 saturated carbocycles. The molecule has 9 heteroatoms. The van der Waals surface area contributed by atoms with E-state index in [1.165, 1.54) is 24.4 Å². The van der Waals surface area contributed by atoms with Gasteiger partial charge in [-0.3, -0.25) is 9.78 Å². The first kappa shape index (κ1) is 20.2. The molecule has 1 fully saturated rings. The number of hydrogen-bond acceptors (Lipinski definition) is 5. The zero-order valence-corrected chi connectivity index (χ0v) is 17.0. The minimum Gasteiger partial charge on any atom is -0.367 e. The van der Waals surface area contributed by atoms with Crippen molar-refractivity contribution in [1.82, 2.24) is 9.88 Å². The molecule has 1 amide bonds. The van der Waals surface area contributed by atoms with Crippen LogP contribution in [-0.4, -0.2) is 56.6 Å². The Morgan fingerprint density at radius 1 is 1.03 bits per heavy atom. The van der Waals surface area contributed by atoms with E-state index in [4.69, 9.17) is 0 Å². The van der Waals surface area contributed by atoms with Gasteiger partial charge >= 0.3 is 0 Å². The second kappa shape index (κ2) is 7.64. The van der Waals surface area contributed by atoms with Crippen LogP contribution in [0.4, 0.5) is 14.5 Å². The van der Waals surface area contributed by atoms with Crippen LogP contribution in [0.25, 0.3) is 10.9 Å². The van der Waals surface area contributed by atoms with Gasteiger partial charge < -0.3 is 9.80 Å². The van der Waals surface area contributed by atoms with Crippen molar-refractivity contribution in [3.05, 3.63) is 65.9 Å². The number of carbonyl (C=O) groups excluding carboxylic acids is 1. The molecule has 0 N–H and O–H groups in total. The molecule has 3 aromatic rings. The number of halogens is 2. The van der Waals surface area contributed by atoms with E-state index in [2.05, 4.69) is 4.98 Å². The molecule has 0 bridgehead atoms. The van der Waals surface area contributed by atoms with E-state index in [1.807, 2.05) is 4.90 Å². The molecule has 6 nitrogen and oxygen atoms in total. The van der Waals surface area contributed by atoms with Crippen molar-refractivity contribution in [3.63, 3.8) is 0 Å². The number of benzene rings is 2. The van der Waals surface area contributed by atoms with Crippen molar-refractivity contribution in [3.8, 4) is 0 Å². The Balaban J connectivity index is 1.54. The maximum atomic E-state index is 14.0. The maximum Gasteiger partial charge on any atom is 0.254 e. The summed E-state index contributed by atoms with van der Waals surface area (Å²) in [7, 11) is -3.41. The van der Waals surface area contributed by atoms with Gasteiger partial charge in [0.15, 0.2) is 15.7 Å². The van der Waals surface area contributed by atoms with Gasteiger partial charge in [0.2, 0.25) is 0 Å². The van der Waals surface area contributed by atoms with Crippen LogP contribution in [0.2, 0.25) is 0 Å². The molecule has 4 rings (SSSR count). The molecule has 0 spiro atoms. The number of rotatable bonds is 3. The summed E-state index contributed by atoms with van der Waals surface area (Å²) in [5.74, 6) is -1.64. The Morgan fingerprint density at radius 3 is 2.47 bits per heavy atom. The number of piperazine rings is 1. The Hall–Kier alpha value is -3.07. The number of hydrogen-bond donors (Lipinski definition) is 0. The molecule has 1 saturated heterocycles. The predicted molar refractivity (Wildman–Crippen MR) is 109 cm³/mol. The molecule has 30 heavy (non-hydrogen) atoms. The fourth-order valence-corrected chi connectivity index (χ4v) is 4.30. The van der Waals surface area contributed by atoms with Crippen LogP contribution in [0.15, 0.2) is 53.6 Å². The fourth-order valence-electron chi connectivity index (χ4n) is 3.63. The second-order valence-corrected chi connectivity index (χ2v) is 9.21. The summed E-state index contributed by atoms with van der Waals surface area (Å²) >= 11 is 0. The highest BCUT2D eigenvalue weighted by atomic mass is 32.2. The summed E-state index contributed by atoms with van der Waals surface area (Å²) in [6, 6.07) is 9.74. The minimum atomic E-state index is -3.41. The average molecular weight is 431 g/mol. The predicted octanol–water partition coefficient (Wildman–Crippen LogP) is 2.88. The zero-order chi connectivity index (χ0) is 21.5. The van der Waals surface area contributed by atoms with Crippen molar-refractivity contribution >= 4 is 32.3 Å². The van der Waals surface area contributed by atoms with Crippen LogP contribution in [0, 0.1) is 11.6 Å². The summed E-state index contributed by atoms with van der Waals surface area (Å²) in [6.45, 7) is 1.72. The molecule has 1 aromatic heterocycles. The van der Waals surface area contributed by atoms with Crippen LogP contribution in [0.1, 0.15) is 10.4 Å². The van der Waals surface area contributed by atoms with E-state index >= 15 is 0 Å². The van der Waals surface area contributed by atoms with Crippen LogP contribution < -0.4 is 4.90 Å². The van der Waals surface area contributed by atoms with Crippen LogP contribution in [0.5, 0.6) is 0 Å². The number of carbonyl (C=O) groups is 1. The maximum absolute atomic E-state index is 14.0. The first-order chi connectivity index (χ1) is 14.2. The van der Waals surface area contributed by atoms with Gasteiger partial charge in [-0.25, -0.2) is 17.2 Å². The van der Waals surface area contributed by atoms with E-state index in [-0.39, 0.29) is 16.3 Å². The van der Waals surface area contributed by atoms with Crippen LogP contribution >= 0.6 is 0 Å². The Bertz CT molecular complexity index is 1240. The normalized spacial score (nSPS) is 14.9. The second-order valence-electron chi connectivity index (χ2n) is 7.19. The number of aromatic nitrogens is 1. The summed E-state index contributed by atoms with van der Waals surface area (Å²) < 4.78 is 51.3. The number of anilines is 1. The molecular formula is C21H19F2N3O3S. The first-order valence-corrected chi connectivity index (χ1v) is 11.2. The number of fused-ring (bicyclic) bond motifs is 1. The first-order valence-electron chi connectivity index (χ1n) is 9.32. The third-order valence-corrected chi connectivity index (χ3v) is 6.27. The highest BCUT2D eigenvalue weighted by molar-refractivity contribution is 7.90. The molecule has 0 atom stereocenters. The Morgan fingerprint density at radius 2 is 1.77 bits per heavy atom. The van der Waals surface area contributed by atoms with Gasteiger partial charge in [-0.2, -0.15) is 0 Å².